The maximum atomic E-state index is 11.2. The van der Waals surface area contributed by atoms with Crippen molar-refractivity contribution in [3.05, 3.63) is 30.1 Å². The van der Waals surface area contributed by atoms with Crippen molar-refractivity contribution >= 4 is 5.91 Å². The Morgan fingerprint density at radius 3 is 2.88 bits per heavy atom. The van der Waals surface area contributed by atoms with Crippen LogP contribution in [0.5, 0.6) is 0 Å². The van der Waals surface area contributed by atoms with Crippen molar-refractivity contribution in [1.29, 1.82) is 0 Å². The molecule has 0 aromatic carbocycles. The predicted octanol–water partition coefficient (Wildman–Crippen LogP) is 1.04. The molecule has 0 radical (unpaired) electrons. The third kappa shape index (κ3) is 3.27. The number of hydrogen-bond acceptors (Lipinski definition) is 3. The first-order chi connectivity index (χ1) is 8.27. The van der Waals surface area contributed by atoms with Gasteiger partial charge in [0, 0.05) is 18.8 Å². The summed E-state index contributed by atoms with van der Waals surface area (Å²) in [5.74, 6) is 0.536. The Kier molecular flexibility index (Phi) is 4.09. The molecule has 1 aromatic heterocycles. The fraction of sp³-hybridized carbons (Fsp3) is 0.538. The fourth-order valence-corrected chi connectivity index (χ4v) is 2.62. The standard InChI is InChI=1S/C13H19N3O/c14-13(17)8-12(10-3-6-15-7-4-10)11-2-1-5-16-9-11/h1-2,5,9-10,12,15H,3-4,6-8H2,(H2,14,17). The summed E-state index contributed by atoms with van der Waals surface area (Å²) in [6.45, 7) is 2.06. The molecule has 0 aliphatic carbocycles. The fourth-order valence-electron chi connectivity index (χ4n) is 2.62. The van der Waals surface area contributed by atoms with Crippen LogP contribution in [0.1, 0.15) is 30.7 Å². The lowest BCUT2D eigenvalue weighted by molar-refractivity contribution is -0.118. The topological polar surface area (TPSA) is 68.0 Å². The molecule has 1 unspecified atom stereocenters. The number of primary amides is 1. The van der Waals surface area contributed by atoms with Crippen molar-refractivity contribution in [2.24, 2.45) is 11.7 Å². The highest BCUT2D eigenvalue weighted by atomic mass is 16.1. The molecule has 0 bridgehead atoms. The predicted molar refractivity (Wildman–Crippen MR) is 66.4 cm³/mol. The van der Waals surface area contributed by atoms with Gasteiger partial charge in [-0.15, -0.1) is 0 Å². The number of carbonyl (C=O) groups excluding carboxylic acids is 1. The Morgan fingerprint density at radius 1 is 1.53 bits per heavy atom. The van der Waals surface area contributed by atoms with Crippen LogP contribution in [0.15, 0.2) is 24.5 Å². The lowest BCUT2D eigenvalue weighted by Gasteiger charge is -2.30. The highest BCUT2D eigenvalue weighted by Crippen LogP contribution is 2.33. The van der Waals surface area contributed by atoms with Gasteiger partial charge in [-0.05, 0) is 49.4 Å². The Morgan fingerprint density at radius 2 is 2.29 bits per heavy atom. The number of pyridine rings is 1. The number of aromatic nitrogens is 1. The molecule has 4 heteroatoms. The number of nitrogens with two attached hydrogens (primary N) is 1. The summed E-state index contributed by atoms with van der Waals surface area (Å²) in [7, 11) is 0. The SMILES string of the molecule is NC(=O)CC(c1cccnc1)C1CCNCC1. The maximum Gasteiger partial charge on any atom is 0.218 e. The highest BCUT2D eigenvalue weighted by Gasteiger charge is 2.26. The first-order valence-corrected chi connectivity index (χ1v) is 6.16. The molecule has 1 fully saturated rings. The van der Waals surface area contributed by atoms with Gasteiger partial charge in [-0.25, -0.2) is 0 Å². The molecule has 2 heterocycles. The second-order valence-electron chi connectivity index (χ2n) is 4.65. The van der Waals surface area contributed by atoms with Crippen LogP contribution in [0, 0.1) is 5.92 Å². The average molecular weight is 233 g/mol. The van der Waals surface area contributed by atoms with E-state index in [0.29, 0.717) is 12.3 Å². The van der Waals surface area contributed by atoms with E-state index in [4.69, 9.17) is 5.73 Å². The number of carbonyl (C=O) groups is 1. The minimum Gasteiger partial charge on any atom is -0.370 e. The third-order valence-electron chi connectivity index (χ3n) is 3.49. The Hall–Kier alpha value is -1.42. The third-order valence-corrected chi connectivity index (χ3v) is 3.49. The van der Waals surface area contributed by atoms with E-state index in [2.05, 4.69) is 10.3 Å². The van der Waals surface area contributed by atoms with Crippen molar-refractivity contribution < 1.29 is 4.79 Å². The Bertz CT molecular complexity index is 360. The smallest absolute Gasteiger partial charge is 0.218 e. The Balaban J connectivity index is 2.15. The molecule has 92 valence electrons. The van der Waals surface area contributed by atoms with Gasteiger partial charge in [0.1, 0.15) is 0 Å². The van der Waals surface area contributed by atoms with Gasteiger partial charge < -0.3 is 11.1 Å². The number of piperidine rings is 1. The molecule has 4 nitrogen and oxygen atoms in total. The molecule has 0 spiro atoms. The summed E-state index contributed by atoms with van der Waals surface area (Å²) in [5, 5.41) is 3.34. The van der Waals surface area contributed by atoms with E-state index < -0.39 is 0 Å². The van der Waals surface area contributed by atoms with Crippen LogP contribution < -0.4 is 11.1 Å². The van der Waals surface area contributed by atoms with E-state index >= 15 is 0 Å². The molecule has 1 amide bonds. The van der Waals surface area contributed by atoms with Crippen molar-refractivity contribution in [3.63, 3.8) is 0 Å². The van der Waals surface area contributed by atoms with Crippen molar-refractivity contribution in [1.82, 2.24) is 10.3 Å². The van der Waals surface area contributed by atoms with Gasteiger partial charge in [0.25, 0.3) is 0 Å². The number of rotatable bonds is 4. The molecule has 1 atom stereocenters. The zero-order chi connectivity index (χ0) is 12.1. The van der Waals surface area contributed by atoms with Crippen molar-refractivity contribution in [2.45, 2.75) is 25.2 Å². The monoisotopic (exact) mass is 233 g/mol. The van der Waals surface area contributed by atoms with Crippen LogP contribution in [0.4, 0.5) is 0 Å². The van der Waals surface area contributed by atoms with Gasteiger partial charge >= 0.3 is 0 Å². The first-order valence-electron chi connectivity index (χ1n) is 6.16. The zero-order valence-electron chi connectivity index (χ0n) is 9.93. The van der Waals surface area contributed by atoms with Gasteiger partial charge in [0.15, 0.2) is 0 Å². The molecular weight excluding hydrogens is 214 g/mol. The van der Waals surface area contributed by atoms with E-state index in [-0.39, 0.29) is 11.8 Å². The number of nitrogens with zero attached hydrogens (tertiary/aromatic N) is 1. The van der Waals surface area contributed by atoms with Crippen LogP contribution in [0.3, 0.4) is 0 Å². The molecule has 0 saturated carbocycles. The van der Waals surface area contributed by atoms with Gasteiger partial charge in [-0.1, -0.05) is 6.07 Å². The summed E-state index contributed by atoms with van der Waals surface area (Å²) in [4.78, 5) is 15.4. The summed E-state index contributed by atoms with van der Waals surface area (Å²) in [5.41, 5.74) is 6.50. The summed E-state index contributed by atoms with van der Waals surface area (Å²) in [6, 6.07) is 3.97. The van der Waals surface area contributed by atoms with Crippen LogP contribution >= 0.6 is 0 Å². The minimum atomic E-state index is -0.225. The van der Waals surface area contributed by atoms with Gasteiger partial charge in [-0.3, -0.25) is 9.78 Å². The van der Waals surface area contributed by atoms with E-state index in [1.165, 1.54) is 0 Å². The van der Waals surface area contributed by atoms with Crippen LogP contribution in [-0.4, -0.2) is 24.0 Å². The molecule has 1 saturated heterocycles. The molecule has 2 rings (SSSR count). The number of amides is 1. The van der Waals surface area contributed by atoms with E-state index in [0.717, 1.165) is 31.5 Å². The normalized spacial score (nSPS) is 18.8. The summed E-state index contributed by atoms with van der Waals surface area (Å²) >= 11 is 0. The molecule has 3 N–H and O–H groups in total. The number of nitrogens with one attached hydrogen (secondary N) is 1. The summed E-state index contributed by atoms with van der Waals surface area (Å²) in [6.07, 6.45) is 6.25. The van der Waals surface area contributed by atoms with E-state index in [1.54, 1.807) is 6.20 Å². The molecule has 1 aliphatic heterocycles. The highest BCUT2D eigenvalue weighted by molar-refractivity contribution is 5.74. The quantitative estimate of drug-likeness (QED) is 0.816. The molecule has 1 aromatic rings. The number of hydrogen-bond donors (Lipinski definition) is 2. The van der Waals surface area contributed by atoms with Gasteiger partial charge in [-0.2, -0.15) is 0 Å². The van der Waals surface area contributed by atoms with Crippen LogP contribution in [-0.2, 0) is 4.79 Å². The minimum absolute atomic E-state index is 0.225. The van der Waals surface area contributed by atoms with Crippen molar-refractivity contribution in [3.8, 4) is 0 Å². The summed E-state index contributed by atoms with van der Waals surface area (Å²) < 4.78 is 0. The zero-order valence-corrected chi connectivity index (χ0v) is 9.93. The molecule has 17 heavy (non-hydrogen) atoms. The van der Waals surface area contributed by atoms with E-state index in [9.17, 15) is 4.79 Å². The Labute approximate surface area is 102 Å². The van der Waals surface area contributed by atoms with Gasteiger partial charge in [0.2, 0.25) is 5.91 Å². The second-order valence-corrected chi connectivity index (χ2v) is 4.65. The maximum absolute atomic E-state index is 11.2. The first kappa shape index (κ1) is 12.0. The lowest BCUT2D eigenvalue weighted by atomic mass is 9.79. The van der Waals surface area contributed by atoms with Crippen molar-refractivity contribution in [2.75, 3.05) is 13.1 Å². The average Bonchev–Trinajstić information content (AvgIpc) is 2.38. The second kappa shape index (κ2) is 5.77. The molecule has 1 aliphatic rings. The lowest BCUT2D eigenvalue weighted by Crippen LogP contribution is -2.32. The van der Waals surface area contributed by atoms with E-state index in [1.807, 2.05) is 18.3 Å². The molecular formula is C13H19N3O. The largest absolute Gasteiger partial charge is 0.370 e. The van der Waals surface area contributed by atoms with Crippen LogP contribution in [0.25, 0.3) is 0 Å². The van der Waals surface area contributed by atoms with Crippen LogP contribution in [0.2, 0.25) is 0 Å². The van der Waals surface area contributed by atoms with Gasteiger partial charge in [0.05, 0.1) is 0 Å².